The molecule has 0 aliphatic heterocycles. The zero-order chi connectivity index (χ0) is 23.7. The van der Waals surface area contributed by atoms with E-state index in [4.69, 9.17) is 21.1 Å². The lowest BCUT2D eigenvalue weighted by atomic mass is 10.2. The minimum Gasteiger partial charge on any atom is -0.490 e. The highest BCUT2D eigenvalue weighted by Crippen LogP contribution is 2.36. The maximum Gasteiger partial charge on any atom is 0.294 e. The lowest BCUT2D eigenvalue weighted by Crippen LogP contribution is -2.21. The molecule has 0 unspecified atom stereocenters. The van der Waals surface area contributed by atoms with Crippen molar-refractivity contribution >= 4 is 22.6 Å². The number of rotatable bonds is 6. The van der Waals surface area contributed by atoms with E-state index in [1.54, 1.807) is 6.07 Å². The minimum atomic E-state index is -0.472. The van der Waals surface area contributed by atoms with Gasteiger partial charge in [-0.25, -0.2) is 4.98 Å². The lowest BCUT2D eigenvalue weighted by Gasteiger charge is -2.14. The normalized spacial score (nSPS) is 11.0. The van der Waals surface area contributed by atoms with Crippen LogP contribution in [0.2, 0.25) is 5.02 Å². The Labute approximate surface area is 200 Å². The van der Waals surface area contributed by atoms with Gasteiger partial charge in [0.2, 0.25) is 0 Å². The molecule has 0 fully saturated rings. The molecule has 34 heavy (non-hydrogen) atoms. The van der Waals surface area contributed by atoms with Crippen LogP contribution in [0.5, 0.6) is 17.2 Å². The van der Waals surface area contributed by atoms with Crippen molar-refractivity contribution in [2.24, 2.45) is 0 Å². The Balaban J connectivity index is 1.48. The molecule has 5 aromatic rings. The first-order chi connectivity index (χ1) is 16.5. The summed E-state index contributed by atoms with van der Waals surface area (Å²) >= 11 is 6.38. The Morgan fingerprint density at radius 3 is 2.56 bits per heavy atom. The summed E-state index contributed by atoms with van der Waals surface area (Å²) in [7, 11) is 0. The third-order valence-corrected chi connectivity index (χ3v) is 5.64. The molecule has 0 saturated heterocycles. The summed E-state index contributed by atoms with van der Waals surface area (Å²) in [5.74, 6) is 1.78. The molecule has 1 N–H and O–H groups in total. The molecule has 0 spiro atoms. The summed E-state index contributed by atoms with van der Waals surface area (Å²) in [4.78, 5) is 20.8. The third-order valence-electron chi connectivity index (χ3n) is 5.29. The SMILES string of the molecule is CCOc1cc(-c2nc3ccccc3[nH]2)ccc1Oc1cnn(-c2ccc(C)cc2)c(=O)c1Cl. The van der Waals surface area contributed by atoms with Gasteiger partial charge in [-0.2, -0.15) is 9.78 Å². The smallest absolute Gasteiger partial charge is 0.294 e. The molecule has 2 heterocycles. The van der Waals surface area contributed by atoms with Crippen LogP contribution in [0.3, 0.4) is 0 Å². The Morgan fingerprint density at radius 2 is 1.79 bits per heavy atom. The second-order valence-corrected chi connectivity index (χ2v) is 8.05. The number of ether oxygens (including phenoxy) is 2. The van der Waals surface area contributed by atoms with E-state index in [-0.39, 0.29) is 10.8 Å². The molecule has 2 aromatic heterocycles. The van der Waals surface area contributed by atoms with Crippen molar-refractivity contribution in [1.29, 1.82) is 0 Å². The molecule has 8 heteroatoms. The summed E-state index contributed by atoms with van der Waals surface area (Å²) in [6, 6.07) is 20.7. The molecule has 5 rings (SSSR count). The van der Waals surface area contributed by atoms with Crippen LogP contribution in [0.25, 0.3) is 28.1 Å². The Morgan fingerprint density at radius 1 is 1.00 bits per heavy atom. The van der Waals surface area contributed by atoms with Crippen molar-refractivity contribution in [3.63, 3.8) is 0 Å². The molecular weight excluding hydrogens is 452 g/mol. The molecule has 170 valence electrons. The highest BCUT2D eigenvalue weighted by molar-refractivity contribution is 6.31. The monoisotopic (exact) mass is 472 g/mol. The van der Waals surface area contributed by atoms with Crippen LogP contribution in [-0.2, 0) is 0 Å². The van der Waals surface area contributed by atoms with Gasteiger partial charge in [-0.1, -0.05) is 41.4 Å². The maximum atomic E-state index is 12.8. The lowest BCUT2D eigenvalue weighted by molar-refractivity contribution is 0.321. The zero-order valence-corrected chi connectivity index (χ0v) is 19.3. The number of hydrogen-bond donors (Lipinski definition) is 1. The number of halogens is 1. The molecule has 7 nitrogen and oxygen atoms in total. The predicted octanol–water partition coefficient (Wildman–Crippen LogP) is 5.93. The van der Waals surface area contributed by atoms with E-state index in [2.05, 4.69) is 15.1 Å². The van der Waals surface area contributed by atoms with Gasteiger partial charge in [0, 0.05) is 5.56 Å². The van der Waals surface area contributed by atoms with Crippen molar-refractivity contribution in [1.82, 2.24) is 19.7 Å². The highest BCUT2D eigenvalue weighted by atomic mass is 35.5. The summed E-state index contributed by atoms with van der Waals surface area (Å²) in [5, 5.41) is 4.17. The first kappa shape index (κ1) is 21.7. The third kappa shape index (κ3) is 4.13. The fourth-order valence-corrected chi connectivity index (χ4v) is 3.74. The number of nitrogens with zero attached hydrogens (tertiary/aromatic N) is 3. The van der Waals surface area contributed by atoms with Gasteiger partial charge < -0.3 is 14.5 Å². The number of imidazole rings is 1. The Kier molecular flexibility index (Phi) is 5.77. The van der Waals surface area contributed by atoms with Crippen molar-refractivity contribution in [3.05, 3.63) is 93.9 Å². The molecule has 0 aliphatic rings. The van der Waals surface area contributed by atoms with Crippen molar-refractivity contribution in [3.8, 4) is 34.3 Å². The fraction of sp³-hybridized carbons (Fsp3) is 0.115. The van der Waals surface area contributed by atoms with Crippen LogP contribution < -0.4 is 15.0 Å². The quantitative estimate of drug-likeness (QED) is 0.331. The van der Waals surface area contributed by atoms with E-state index < -0.39 is 5.56 Å². The van der Waals surface area contributed by atoms with Crippen LogP contribution in [-0.4, -0.2) is 26.4 Å². The van der Waals surface area contributed by atoms with E-state index in [0.29, 0.717) is 29.6 Å². The van der Waals surface area contributed by atoms with Gasteiger partial charge in [-0.15, -0.1) is 0 Å². The Bertz CT molecular complexity index is 1510. The largest absolute Gasteiger partial charge is 0.490 e. The summed E-state index contributed by atoms with van der Waals surface area (Å²) in [6.07, 6.45) is 1.42. The number of nitrogens with one attached hydrogen (secondary N) is 1. The van der Waals surface area contributed by atoms with Crippen molar-refractivity contribution in [2.75, 3.05) is 6.61 Å². The second kappa shape index (κ2) is 9.03. The number of aromatic amines is 1. The van der Waals surface area contributed by atoms with Gasteiger partial charge in [0.05, 0.1) is 29.5 Å². The topological polar surface area (TPSA) is 82.0 Å². The van der Waals surface area contributed by atoms with E-state index >= 15 is 0 Å². The molecule has 0 radical (unpaired) electrons. The second-order valence-electron chi connectivity index (χ2n) is 7.67. The van der Waals surface area contributed by atoms with Crippen molar-refractivity contribution < 1.29 is 9.47 Å². The fourth-order valence-electron chi connectivity index (χ4n) is 3.57. The number of benzene rings is 3. The van der Waals surface area contributed by atoms with Gasteiger partial charge in [-0.05, 0) is 56.3 Å². The van der Waals surface area contributed by atoms with E-state index in [0.717, 1.165) is 22.2 Å². The average molecular weight is 473 g/mol. The van der Waals surface area contributed by atoms with Crippen LogP contribution in [0, 0.1) is 6.92 Å². The summed E-state index contributed by atoms with van der Waals surface area (Å²) < 4.78 is 13.0. The number of hydrogen-bond acceptors (Lipinski definition) is 5. The minimum absolute atomic E-state index is 0.0700. The van der Waals surface area contributed by atoms with Gasteiger partial charge in [-0.3, -0.25) is 4.79 Å². The molecule has 0 saturated carbocycles. The van der Waals surface area contributed by atoms with Crippen LogP contribution in [0.1, 0.15) is 12.5 Å². The molecule has 3 aromatic carbocycles. The van der Waals surface area contributed by atoms with Gasteiger partial charge in [0.1, 0.15) is 5.82 Å². The predicted molar refractivity (Wildman–Crippen MR) is 132 cm³/mol. The first-order valence-electron chi connectivity index (χ1n) is 10.8. The van der Waals surface area contributed by atoms with Gasteiger partial charge in [0.25, 0.3) is 5.56 Å². The molecule has 0 bridgehead atoms. The number of para-hydroxylation sites is 2. The Hall–Kier alpha value is -4.10. The molecule has 0 aliphatic carbocycles. The average Bonchev–Trinajstić information content (AvgIpc) is 3.28. The van der Waals surface area contributed by atoms with Crippen LogP contribution in [0.4, 0.5) is 0 Å². The van der Waals surface area contributed by atoms with E-state index in [9.17, 15) is 4.79 Å². The molecule has 0 amide bonds. The zero-order valence-electron chi connectivity index (χ0n) is 18.6. The van der Waals surface area contributed by atoms with Gasteiger partial charge in [0.15, 0.2) is 22.3 Å². The number of aryl methyl sites for hydroxylation is 1. The number of fused-ring (bicyclic) bond motifs is 1. The van der Waals surface area contributed by atoms with Crippen molar-refractivity contribution in [2.45, 2.75) is 13.8 Å². The van der Waals surface area contributed by atoms with Gasteiger partial charge >= 0.3 is 0 Å². The van der Waals surface area contributed by atoms with E-state index in [1.807, 2.05) is 74.5 Å². The highest BCUT2D eigenvalue weighted by Gasteiger charge is 2.16. The first-order valence-corrected chi connectivity index (χ1v) is 11.2. The standard InChI is InChI=1S/C26H21ClN4O3/c1-3-33-22-14-17(25-29-19-6-4-5-7-20(19)30-25)10-13-21(22)34-23-15-28-31(26(32)24(23)27)18-11-8-16(2)9-12-18/h4-15H,3H2,1-2H3,(H,29,30). The van der Waals surface area contributed by atoms with Crippen LogP contribution in [0.15, 0.2) is 77.7 Å². The van der Waals surface area contributed by atoms with Crippen LogP contribution >= 0.6 is 11.6 Å². The number of H-pyrrole nitrogens is 1. The maximum absolute atomic E-state index is 12.8. The summed E-state index contributed by atoms with van der Waals surface area (Å²) in [6.45, 7) is 4.29. The van der Waals surface area contributed by atoms with E-state index in [1.165, 1.54) is 10.9 Å². The molecular formula is C26H21ClN4O3. The number of aromatic nitrogens is 4. The summed E-state index contributed by atoms with van der Waals surface area (Å²) in [5.41, 5.74) is 3.89. The molecule has 0 atom stereocenters.